The van der Waals surface area contributed by atoms with Crippen molar-refractivity contribution in [2.24, 2.45) is 10.9 Å². The first-order valence-corrected chi connectivity index (χ1v) is 5.40. The third-order valence-electron chi connectivity index (χ3n) is 2.32. The molecule has 1 rings (SSSR count). The van der Waals surface area contributed by atoms with Gasteiger partial charge in [-0.2, -0.15) is 0 Å². The summed E-state index contributed by atoms with van der Waals surface area (Å²) in [5, 5.41) is 12.7. The summed E-state index contributed by atoms with van der Waals surface area (Å²) in [5.74, 6) is -2.34. The van der Waals surface area contributed by atoms with Crippen LogP contribution in [0.4, 0.5) is 4.79 Å². The molecule has 0 aromatic carbocycles. The number of hydrogen-bond acceptors (Lipinski definition) is 5. The van der Waals surface area contributed by atoms with Gasteiger partial charge >= 0.3 is 6.03 Å². The predicted molar refractivity (Wildman–Crippen MR) is 59.5 cm³/mol. The molecule has 17 heavy (non-hydrogen) atoms. The molecule has 0 atom stereocenters. The van der Waals surface area contributed by atoms with E-state index in [9.17, 15) is 14.4 Å². The zero-order chi connectivity index (χ0) is 12.8. The number of amides is 4. The van der Waals surface area contributed by atoms with Gasteiger partial charge in [0.05, 0.1) is 0 Å². The molecule has 0 aliphatic carbocycles. The standard InChI is InChI=1S/C10H15N3O4/c1-2-6(11-4-3-5-14)7-8(15)12-10(17)13-9(7)16/h7,14H,2-5H2,1H3,(H2,12,13,15,16,17). The first-order valence-electron chi connectivity index (χ1n) is 5.40. The summed E-state index contributed by atoms with van der Waals surface area (Å²) in [4.78, 5) is 38.0. The number of nitrogens with one attached hydrogen (secondary N) is 2. The Morgan fingerprint density at radius 3 is 2.35 bits per heavy atom. The lowest BCUT2D eigenvalue weighted by Crippen LogP contribution is -2.57. The summed E-state index contributed by atoms with van der Waals surface area (Å²) in [6.07, 6.45) is 0.906. The monoisotopic (exact) mass is 241 g/mol. The van der Waals surface area contributed by atoms with Gasteiger partial charge in [-0.3, -0.25) is 25.2 Å². The molecule has 3 N–H and O–H groups in total. The summed E-state index contributed by atoms with van der Waals surface area (Å²) in [6.45, 7) is 2.13. The first kappa shape index (κ1) is 13.3. The number of aliphatic imine (C=N–C) groups is 1. The summed E-state index contributed by atoms with van der Waals surface area (Å²) < 4.78 is 0. The second kappa shape index (κ2) is 6.09. The van der Waals surface area contributed by atoms with Crippen molar-refractivity contribution in [3.8, 4) is 0 Å². The Hall–Kier alpha value is -1.76. The highest BCUT2D eigenvalue weighted by Gasteiger charge is 2.37. The molecule has 0 aromatic rings. The van der Waals surface area contributed by atoms with Crippen molar-refractivity contribution in [1.82, 2.24) is 10.6 Å². The highest BCUT2D eigenvalue weighted by molar-refractivity contribution is 6.27. The van der Waals surface area contributed by atoms with E-state index in [1.165, 1.54) is 0 Å². The summed E-state index contributed by atoms with van der Waals surface area (Å²) in [6, 6.07) is -0.804. The lowest BCUT2D eigenvalue weighted by molar-refractivity contribution is -0.132. The van der Waals surface area contributed by atoms with E-state index in [1.807, 2.05) is 10.6 Å². The fourth-order valence-electron chi connectivity index (χ4n) is 1.52. The fourth-order valence-corrected chi connectivity index (χ4v) is 1.52. The van der Waals surface area contributed by atoms with Gasteiger partial charge in [0.25, 0.3) is 0 Å². The van der Waals surface area contributed by atoms with Gasteiger partial charge in [0, 0.05) is 18.9 Å². The third kappa shape index (κ3) is 3.35. The van der Waals surface area contributed by atoms with E-state index < -0.39 is 23.8 Å². The van der Waals surface area contributed by atoms with Crippen molar-refractivity contribution < 1.29 is 19.5 Å². The molecule has 0 saturated carbocycles. The maximum atomic E-state index is 11.5. The second-order valence-corrected chi connectivity index (χ2v) is 3.54. The van der Waals surface area contributed by atoms with Gasteiger partial charge in [0.2, 0.25) is 11.8 Å². The van der Waals surface area contributed by atoms with Gasteiger partial charge in [-0.25, -0.2) is 4.79 Å². The minimum atomic E-state index is -1.05. The normalized spacial score (nSPS) is 18.0. The van der Waals surface area contributed by atoms with Crippen LogP contribution in [0.5, 0.6) is 0 Å². The van der Waals surface area contributed by atoms with Crippen molar-refractivity contribution in [2.45, 2.75) is 19.8 Å². The Labute approximate surface area is 98.3 Å². The number of carbonyl (C=O) groups excluding carboxylic acids is 3. The van der Waals surface area contributed by atoms with Crippen molar-refractivity contribution in [3.63, 3.8) is 0 Å². The van der Waals surface area contributed by atoms with E-state index in [0.717, 1.165) is 0 Å². The molecule has 4 amide bonds. The molecular weight excluding hydrogens is 226 g/mol. The number of nitrogens with zero attached hydrogens (tertiary/aromatic N) is 1. The minimum absolute atomic E-state index is 0.00202. The van der Waals surface area contributed by atoms with Crippen LogP contribution in [0, 0.1) is 5.92 Å². The maximum absolute atomic E-state index is 11.5. The lowest BCUT2D eigenvalue weighted by atomic mass is 9.97. The van der Waals surface area contributed by atoms with Gasteiger partial charge < -0.3 is 5.11 Å². The average molecular weight is 241 g/mol. The van der Waals surface area contributed by atoms with Crippen LogP contribution in [-0.2, 0) is 9.59 Å². The Kier molecular flexibility index (Phi) is 4.77. The number of carbonyl (C=O) groups is 3. The van der Waals surface area contributed by atoms with Crippen LogP contribution in [-0.4, -0.2) is 41.8 Å². The van der Waals surface area contributed by atoms with Crippen LogP contribution in [0.3, 0.4) is 0 Å². The maximum Gasteiger partial charge on any atom is 0.328 e. The molecule has 1 aliphatic heterocycles. The van der Waals surface area contributed by atoms with Gasteiger partial charge in [-0.05, 0) is 12.8 Å². The first-order chi connectivity index (χ1) is 8.10. The van der Waals surface area contributed by atoms with Crippen LogP contribution in [0.2, 0.25) is 0 Å². The molecule has 7 heteroatoms. The number of urea groups is 1. The highest BCUT2D eigenvalue weighted by Crippen LogP contribution is 2.08. The van der Waals surface area contributed by atoms with Crippen molar-refractivity contribution >= 4 is 23.6 Å². The summed E-state index contributed by atoms with van der Waals surface area (Å²) in [5.41, 5.74) is 0.418. The van der Waals surface area contributed by atoms with Crippen molar-refractivity contribution in [2.75, 3.05) is 13.2 Å². The molecule has 1 fully saturated rings. The summed E-state index contributed by atoms with van der Waals surface area (Å²) in [7, 11) is 0. The van der Waals surface area contributed by atoms with Crippen molar-refractivity contribution in [1.29, 1.82) is 0 Å². The number of rotatable bonds is 5. The molecule has 0 radical (unpaired) electrons. The Balaban J connectivity index is 2.80. The third-order valence-corrected chi connectivity index (χ3v) is 2.32. The molecule has 7 nitrogen and oxygen atoms in total. The molecule has 0 bridgehead atoms. The number of hydrogen-bond donors (Lipinski definition) is 3. The smallest absolute Gasteiger partial charge is 0.328 e. The topological polar surface area (TPSA) is 108 Å². The number of aliphatic hydroxyl groups is 1. The van der Waals surface area contributed by atoms with Crippen LogP contribution in [0.1, 0.15) is 19.8 Å². The van der Waals surface area contributed by atoms with Gasteiger partial charge in [0.15, 0.2) is 5.92 Å². The quantitative estimate of drug-likeness (QED) is 0.333. The molecule has 0 aromatic heterocycles. The Morgan fingerprint density at radius 2 is 1.88 bits per heavy atom. The second-order valence-electron chi connectivity index (χ2n) is 3.54. The van der Waals surface area contributed by atoms with E-state index in [2.05, 4.69) is 4.99 Å². The van der Waals surface area contributed by atoms with Gasteiger partial charge in [-0.1, -0.05) is 6.92 Å². The molecule has 1 heterocycles. The van der Waals surface area contributed by atoms with Crippen LogP contribution in [0.25, 0.3) is 0 Å². The number of barbiturate groups is 1. The van der Waals surface area contributed by atoms with E-state index >= 15 is 0 Å². The summed E-state index contributed by atoms with van der Waals surface area (Å²) >= 11 is 0. The van der Waals surface area contributed by atoms with Crippen LogP contribution >= 0.6 is 0 Å². The zero-order valence-electron chi connectivity index (χ0n) is 9.52. The molecule has 1 saturated heterocycles. The zero-order valence-corrected chi connectivity index (χ0v) is 9.52. The number of imide groups is 2. The van der Waals surface area contributed by atoms with Crippen LogP contribution in [0.15, 0.2) is 4.99 Å². The molecule has 1 aliphatic rings. The van der Waals surface area contributed by atoms with Gasteiger partial charge in [0.1, 0.15) is 0 Å². The molecule has 0 spiro atoms. The lowest BCUT2D eigenvalue weighted by Gasteiger charge is -2.21. The number of aliphatic hydroxyl groups excluding tert-OH is 1. The Morgan fingerprint density at radius 1 is 1.29 bits per heavy atom. The minimum Gasteiger partial charge on any atom is -0.396 e. The average Bonchev–Trinajstić information content (AvgIpc) is 2.25. The predicted octanol–water partition coefficient (Wildman–Crippen LogP) is -0.798. The molecule has 0 unspecified atom stereocenters. The van der Waals surface area contributed by atoms with Gasteiger partial charge in [-0.15, -0.1) is 0 Å². The van der Waals surface area contributed by atoms with Crippen molar-refractivity contribution in [3.05, 3.63) is 0 Å². The van der Waals surface area contributed by atoms with E-state index in [4.69, 9.17) is 5.11 Å². The molecular formula is C10H15N3O4. The van der Waals surface area contributed by atoms with Crippen LogP contribution < -0.4 is 10.6 Å². The van der Waals surface area contributed by atoms with E-state index in [-0.39, 0.29) is 6.61 Å². The van der Waals surface area contributed by atoms with E-state index in [0.29, 0.717) is 25.1 Å². The SMILES string of the molecule is CCC(=NCCCO)C1C(=O)NC(=O)NC1=O. The Bertz CT molecular complexity index is 345. The largest absolute Gasteiger partial charge is 0.396 e. The van der Waals surface area contributed by atoms with E-state index in [1.54, 1.807) is 6.92 Å². The molecule has 94 valence electrons. The highest BCUT2D eigenvalue weighted by atomic mass is 16.3. The fraction of sp³-hybridized carbons (Fsp3) is 0.600.